The maximum atomic E-state index is 13.1. The SMILES string of the molecule is O=C1CCCN1c1ccc(S(=O)(=O)N(Cc2ccncc2)C2CC2)cc1. The molecule has 7 heteroatoms. The van der Waals surface area contributed by atoms with Crippen LogP contribution in [0.5, 0.6) is 0 Å². The number of aromatic nitrogens is 1. The van der Waals surface area contributed by atoms with E-state index >= 15 is 0 Å². The monoisotopic (exact) mass is 371 g/mol. The van der Waals surface area contributed by atoms with E-state index < -0.39 is 10.0 Å². The van der Waals surface area contributed by atoms with Gasteiger partial charge < -0.3 is 4.90 Å². The molecule has 1 aliphatic heterocycles. The molecule has 2 aliphatic rings. The highest BCUT2D eigenvalue weighted by molar-refractivity contribution is 7.89. The van der Waals surface area contributed by atoms with Gasteiger partial charge in [0.2, 0.25) is 15.9 Å². The van der Waals surface area contributed by atoms with Gasteiger partial charge in [0.1, 0.15) is 0 Å². The number of pyridine rings is 1. The van der Waals surface area contributed by atoms with E-state index in [0.717, 1.165) is 30.5 Å². The summed E-state index contributed by atoms with van der Waals surface area (Å²) in [4.78, 5) is 17.8. The van der Waals surface area contributed by atoms with Crippen molar-refractivity contribution in [3.63, 3.8) is 0 Å². The van der Waals surface area contributed by atoms with Crippen molar-refractivity contribution in [2.24, 2.45) is 0 Å². The summed E-state index contributed by atoms with van der Waals surface area (Å²) < 4.78 is 27.9. The van der Waals surface area contributed by atoms with Gasteiger partial charge in [-0.05, 0) is 61.2 Å². The van der Waals surface area contributed by atoms with Crippen LogP contribution in [0.1, 0.15) is 31.2 Å². The summed E-state index contributed by atoms with van der Waals surface area (Å²) in [5.74, 6) is 0.0953. The minimum absolute atomic E-state index is 0.0630. The van der Waals surface area contributed by atoms with Gasteiger partial charge in [-0.3, -0.25) is 9.78 Å². The molecule has 6 nitrogen and oxygen atoms in total. The number of carbonyl (C=O) groups is 1. The Morgan fingerprint density at radius 2 is 1.77 bits per heavy atom. The number of carbonyl (C=O) groups excluding carboxylic acids is 1. The largest absolute Gasteiger partial charge is 0.312 e. The molecule has 0 atom stereocenters. The molecule has 0 spiro atoms. The Kier molecular flexibility index (Phi) is 4.50. The highest BCUT2D eigenvalue weighted by Gasteiger charge is 2.38. The van der Waals surface area contributed by atoms with Crippen molar-refractivity contribution in [2.45, 2.75) is 43.2 Å². The second-order valence-electron chi connectivity index (χ2n) is 6.78. The van der Waals surface area contributed by atoms with Gasteiger partial charge in [-0.25, -0.2) is 8.42 Å². The van der Waals surface area contributed by atoms with E-state index in [0.29, 0.717) is 19.5 Å². The van der Waals surface area contributed by atoms with Gasteiger partial charge in [0.15, 0.2) is 0 Å². The van der Waals surface area contributed by atoms with Crippen LogP contribution >= 0.6 is 0 Å². The number of nitrogens with zero attached hydrogens (tertiary/aromatic N) is 3. The first-order valence-electron chi connectivity index (χ1n) is 8.87. The maximum absolute atomic E-state index is 13.1. The maximum Gasteiger partial charge on any atom is 0.243 e. The summed E-state index contributed by atoms with van der Waals surface area (Å²) in [6.45, 7) is 1.04. The fourth-order valence-electron chi connectivity index (χ4n) is 3.30. The van der Waals surface area contributed by atoms with Crippen LogP contribution in [0.2, 0.25) is 0 Å². The first-order chi connectivity index (χ1) is 12.6. The van der Waals surface area contributed by atoms with Gasteiger partial charge in [0, 0.05) is 43.6 Å². The van der Waals surface area contributed by atoms with E-state index in [9.17, 15) is 13.2 Å². The van der Waals surface area contributed by atoms with E-state index in [1.165, 1.54) is 0 Å². The van der Waals surface area contributed by atoms with Gasteiger partial charge in [0.05, 0.1) is 4.90 Å². The predicted molar refractivity (Wildman–Crippen MR) is 98.0 cm³/mol. The minimum Gasteiger partial charge on any atom is -0.312 e. The van der Waals surface area contributed by atoms with Crippen LogP contribution in [0, 0.1) is 0 Å². The lowest BCUT2D eigenvalue weighted by Crippen LogP contribution is -2.32. The summed E-state index contributed by atoms with van der Waals surface area (Å²) in [6.07, 6.45) is 6.54. The van der Waals surface area contributed by atoms with Crippen LogP contribution in [0.25, 0.3) is 0 Å². The Morgan fingerprint density at radius 3 is 2.35 bits per heavy atom. The molecule has 2 aromatic rings. The molecule has 26 heavy (non-hydrogen) atoms. The Hall–Kier alpha value is -2.25. The zero-order valence-electron chi connectivity index (χ0n) is 14.4. The Bertz CT molecular complexity index is 893. The quantitative estimate of drug-likeness (QED) is 0.782. The molecular weight excluding hydrogens is 350 g/mol. The summed E-state index contributed by atoms with van der Waals surface area (Å²) in [5.41, 5.74) is 1.69. The topological polar surface area (TPSA) is 70.6 Å². The average Bonchev–Trinajstić information content (AvgIpc) is 3.41. The first kappa shape index (κ1) is 17.2. The molecular formula is C19H21N3O3S. The summed E-state index contributed by atoms with van der Waals surface area (Å²) in [7, 11) is -3.58. The molecule has 136 valence electrons. The highest BCUT2D eigenvalue weighted by atomic mass is 32.2. The van der Waals surface area contributed by atoms with Gasteiger partial charge in [-0.2, -0.15) is 4.31 Å². The third-order valence-electron chi connectivity index (χ3n) is 4.87. The van der Waals surface area contributed by atoms with Crippen molar-refractivity contribution in [1.82, 2.24) is 9.29 Å². The van der Waals surface area contributed by atoms with E-state index in [1.54, 1.807) is 45.9 Å². The Labute approximate surface area is 153 Å². The number of hydrogen-bond donors (Lipinski definition) is 0. The molecule has 0 unspecified atom stereocenters. The second kappa shape index (κ2) is 6.81. The van der Waals surface area contributed by atoms with Gasteiger partial charge in [-0.15, -0.1) is 0 Å². The molecule has 1 aromatic carbocycles. The van der Waals surface area contributed by atoms with Crippen molar-refractivity contribution in [2.75, 3.05) is 11.4 Å². The summed E-state index contributed by atoms with van der Waals surface area (Å²) >= 11 is 0. The number of benzene rings is 1. The number of hydrogen-bond acceptors (Lipinski definition) is 4. The van der Waals surface area contributed by atoms with Crippen molar-refractivity contribution >= 4 is 21.6 Å². The minimum atomic E-state index is -3.58. The number of anilines is 1. The molecule has 4 rings (SSSR count). The molecule has 0 bridgehead atoms. The van der Waals surface area contributed by atoms with Crippen LogP contribution in [-0.2, 0) is 21.4 Å². The third kappa shape index (κ3) is 3.37. The molecule has 1 saturated carbocycles. The average molecular weight is 371 g/mol. The van der Waals surface area contributed by atoms with Gasteiger partial charge >= 0.3 is 0 Å². The molecule has 0 radical (unpaired) electrons. The third-order valence-corrected chi connectivity index (χ3v) is 6.78. The van der Waals surface area contributed by atoms with E-state index in [2.05, 4.69) is 4.98 Å². The fourth-order valence-corrected chi connectivity index (χ4v) is 4.97. The lowest BCUT2D eigenvalue weighted by atomic mass is 10.3. The van der Waals surface area contributed by atoms with Crippen LogP contribution in [0.3, 0.4) is 0 Å². The van der Waals surface area contributed by atoms with Gasteiger partial charge in [0.25, 0.3) is 0 Å². The van der Waals surface area contributed by atoms with Crippen LogP contribution < -0.4 is 4.90 Å². The predicted octanol–water partition coefficient (Wildman–Crippen LogP) is 2.56. The molecule has 1 saturated heterocycles. The van der Waals surface area contributed by atoms with Crippen LogP contribution in [0.4, 0.5) is 5.69 Å². The van der Waals surface area contributed by atoms with Crippen LogP contribution in [-0.4, -0.2) is 36.2 Å². The highest BCUT2D eigenvalue weighted by Crippen LogP contribution is 2.34. The van der Waals surface area contributed by atoms with Crippen molar-refractivity contribution in [3.8, 4) is 0 Å². The first-order valence-corrected chi connectivity index (χ1v) is 10.3. The number of amides is 1. The number of rotatable bonds is 6. The molecule has 0 N–H and O–H groups in total. The Morgan fingerprint density at radius 1 is 1.08 bits per heavy atom. The van der Waals surface area contributed by atoms with E-state index in [4.69, 9.17) is 0 Å². The molecule has 1 amide bonds. The fraction of sp³-hybridized carbons (Fsp3) is 0.368. The van der Waals surface area contributed by atoms with Crippen LogP contribution in [0.15, 0.2) is 53.7 Å². The Balaban J connectivity index is 1.59. The lowest BCUT2D eigenvalue weighted by molar-refractivity contribution is -0.117. The second-order valence-corrected chi connectivity index (χ2v) is 8.67. The zero-order valence-corrected chi connectivity index (χ0v) is 15.2. The van der Waals surface area contributed by atoms with E-state index in [1.807, 2.05) is 12.1 Å². The standard InChI is InChI=1S/C19H21N3O3S/c23-19-2-1-13-21(19)16-5-7-18(8-6-16)26(24,25)22(17-3-4-17)14-15-9-11-20-12-10-15/h5-12,17H,1-4,13-14H2. The van der Waals surface area contributed by atoms with Crippen molar-refractivity contribution in [3.05, 3.63) is 54.4 Å². The number of sulfonamides is 1. The summed E-state index contributed by atoms with van der Waals surface area (Å²) in [6, 6.07) is 10.4. The summed E-state index contributed by atoms with van der Waals surface area (Å²) in [5, 5.41) is 0. The van der Waals surface area contributed by atoms with E-state index in [-0.39, 0.29) is 16.8 Å². The smallest absolute Gasteiger partial charge is 0.243 e. The van der Waals surface area contributed by atoms with Crippen molar-refractivity contribution in [1.29, 1.82) is 0 Å². The molecule has 1 aliphatic carbocycles. The molecule has 2 fully saturated rings. The lowest BCUT2D eigenvalue weighted by Gasteiger charge is -2.22. The molecule has 2 heterocycles. The molecule has 1 aromatic heterocycles. The van der Waals surface area contributed by atoms with Gasteiger partial charge in [-0.1, -0.05) is 0 Å². The van der Waals surface area contributed by atoms with Crippen molar-refractivity contribution < 1.29 is 13.2 Å². The zero-order chi connectivity index (χ0) is 18.1. The normalized spacial score (nSPS) is 17.9.